The third-order valence-corrected chi connectivity index (χ3v) is 7.02. The van der Waals surface area contributed by atoms with E-state index in [2.05, 4.69) is 4.90 Å². The standard InChI is InChI=1S/C19H29Cl2N3O3S/c1-22(2)9-4-10-23(14-15-5-6-17(20)18(21)13-15)19(25)16-7-11-24(12-8-16)28(3,26)27/h5-6,13,16H,4,7-12,14H2,1-3H3. The minimum Gasteiger partial charge on any atom is -0.338 e. The minimum atomic E-state index is -3.20. The molecule has 1 heterocycles. The highest BCUT2D eigenvalue weighted by Gasteiger charge is 2.31. The van der Waals surface area contributed by atoms with Crippen LogP contribution in [-0.2, 0) is 21.4 Å². The summed E-state index contributed by atoms with van der Waals surface area (Å²) >= 11 is 12.1. The molecule has 0 atom stereocenters. The van der Waals surface area contributed by atoms with Crippen molar-refractivity contribution in [1.82, 2.24) is 14.1 Å². The van der Waals surface area contributed by atoms with Crippen LogP contribution in [0.5, 0.6) is 0 Å². The van der Waals surface area contributed by atoms with E-state index in [9.17, 15) is 13.2 Å². The maximum absolute atomic E-state index is 13.2. The van der Waals surface area contributed by atoms with E-state index in [0.717, 1.165) is 18.5 Å². The smallest absolute Gasteiger partial charge is 0.226 e. The van der Waals surface area contributed by atoms with Gasteiger partial charge in [-0.2, -0.15) is 0 Å². The number of carbonyl (C=O) groups excluding carboxylic acids is 1. The van der Waals surface area contributed by atoms with Crippen LogP contribution < -0.4 is 0 Å². The molecule has 0 radical (unpaired) electrons. The number of halogens is 2. The highest BCUT2D eigenvalue weighted by atomic mass is 35.5. The zero-order valence-electron chi connectivity index (χ0n) is 16.7. The van der Waals surface area contributed by atoms with Crippen LogP contribution in [0.4, 0.5) is 0 Å². The Kier molecular flexibility index (Phi) is 8.58. The fourth-order valence-corrected chi connectivity index (χ4v) is 4.59. The zero-order chi connectivity index (χ0) is 20.9. The molecule has 1 saturated heterocycles. The summed E-state index contributed by atoms with van der Waals surface area (Å²) in [6, 6.07) is 5.42. The van der Waals surface area contributed by atoms with Crippen molar-refractivity contribution >= 4 is 39.1 Å². The Morgan fingerprint density at radius 2 is 1.79 bits per heavy atom. The molecule has 1 amide bonds. The topological polar surface area (TPSA) is 60.9 Å². The minimum absolute atomic E-state index is 0.0815. The number of sulfonamides is 1. The summed E-state index contributed by atoms with van der Waals surface area (Å²) < 4.78 is 24.9. The lowest BCUT2D eigenvalue weighted by Crippen LogP contribution is -2.44. The van der Waals surface area contributed by atoms with Crippen LogP contribution in [0.15, 0.2) is 18.2 Å². The van der Waals surface area contributed by atoms with Crippen LogP contribution in [0.2, 0.25) is 10.0 Å². The van der Waals surface area contributed by atoms with Gasteiger partial charge in [0.2, 0.25) is 15.9 Å². The molecular formula is C19H29Cl2N3O3S. The molecule has 1 aliphatic rings. The Morgan fingerprint density at radius 1 is 1.14 bits per heavy atom. The number of nitrogens with zero attached hydrogens (tertiary/aromatic N) is 3. The van der Waals surface area contributed by atoms with Gasteiger partial charge >= 0.3 is 0 Å². The van der Waals surface area contributed by atoms with Crippen molar-refractivity contribution in [3.8, 4) is 0 Å². The third kappa shape index (κ3) is 6.88. The second-order valence-electron chi connectivity index (χ2n) is 7.60. The van der Waals surface area contributed by atoms with Crippen LogP contribution in [0.25, 0.3) is 0 Å². The molecule has 1 aliphatic heterocycles. The van der Waals surface area contributed by atoms with Crippen molar-refractivity contribution in [2.45, 2.75) is 25.8 Å². The van der Waals surface area contributed by atoms with Crippen molar-refractivity contribution in [2.75, 3.05) is 46.5 Å². The van der Waals surface area contributed by atoms with Gasteiger partial charge < -0.3 is 9.80 Å². The predicted molar refractivity (Wildman–Crippen MR) is 114 cm³/mol. The highest BCUT2D eigenvalue weighted by molar-refractivity contribution is 7.88. The van der Waals surface area contributed by atoms with E-state index in [0.29, 0.717) is 49.1 Å². The van der Waals surface area contributed by atoms with Crippen molar-refractivity contribution < 1.29 is 13.2 Å². The van der Waals surface area contributed by atoms with Crippen molar-refractivity contribution in [3.05, 3.63) is 33.8 Å². The van der Waals surface area contributed by atoms with Gasteiger partial charge in [0.15, 0.2) is 0 Å². The molecule has 6 nitrogen and oxygen atoms in total. The number of hydrogen-bond donors (Lipinski definition) is 0. The average Bonchev–Trinajstić information content (AvgIpc) is 2.62. The first-order chi connectivity index (χ1) is 13.1. The fraction of sp³-hybridized carbons (Fsp3) is 0.632. The molecule has 0 aliphatic carbocycles. The van der Waals surface area contributed by atoms with Crippen LogP contribution in [-0.4, -0.2) is 75.0 Å². The number of piperidine rings is 1. The summed E-state index contributed by atoms with van der Waals surface area (Å²) in [5, 5.41) is 0.963. The normalized spacial score (nSPS) is 16.5. The molecule has 0 aromatic heterocycles. The Morgan fingerprint density at radius 3 is 2.32 bits per heavy atom. The molecule has 0 N–H and O–H groups in total. The van der Waals surface area contributed by atoms with Gasteiger partial charge in [-0.3, -0.25) is 4.79 Å². The lowest BCUT2D eigenvalue weighted by Gasteiger charge is -2.33. The molecule has 9 heteroatoms. The largest absolute Gasteiger partial charge is 0.338 e. The Hall–Kier alpha value is -0.860. The molecule has 0 spiro atoms. The third-order valence-electron chi connectivity index (χ3n) is 4.97. The van der Waals surface area contributed by atoms with Gasteiger partial charge in [-0.05, 0) is 57.6 Å². The van der Waals surface area contributed by atoms with Crippen molar-refractivity contribution in [1.29, 1.82) is 0 Å². The maximum atomic E-state index is 13.2. The SMILES string of the molecule is CN(C)CCCN(Cc1ccc(Cl)c(Cl)c1)C(=O)C1CCN(S(C)(=O)=O)CC1. The Bertz CT molecular complexity index is 779. The molecule has 1 fully saturated rings. The molecule has 1 aromatic carbocycles. The summed E-state index contributed by atoms with van der Waals surface area (Å²) in [4.78, 5) is 17.1. The molecule has 0 unspecified atom stereocenters. The lowest BCUT2D eigenvalue weighted by atomic mass is 9.96. The van der Waals surface area contributed by atoms with E-state index in [1.807, 2.05) is 25.1 Å². The number of amides is 1. The van der Waals surface area contributed by atoms with Gasteiger partial charge in [0.1, 0.15) is 0 Å². The number of carbonyl (C=O) groups is 1. The molecule has 0 bridgehead atoms. The first-order valence-corrected chi connectivity index (χ1v) is 12.0. The summed E-state index contributed by atoms with van der Waals surface area (Å²) in [6.07, 6.45) is 3.18. The first kappa shape index (κ1) is 23.4. The van der Waals surface area contributed by atoms with Crippen LogP contribution in [0.3, 0.4) is 0 Å². The quantitative estimate of drug-likeness (QED) is 0.611. The number of rotatable bonds is 8. The Labute approximate surface area is 178 Å². The average molecular weight is 450 g/mol. The number of hydrogen-bond acceptors (Lipinski definition) is 4. The number of benzene rings is 1. The molecular weight excluding hydrogens is 421 g/mol. The molecule has 1 aromatic rings. The second kappa shape index (κ2) is 10.3. The van der Waals surface area contributed by atoms with E-state index >= 15 is 0 Å². The van der Waals surface area contributed by atoms with E-state index in [1.165, 1.54) is 10.6 Å². The van der Waals surface area contributed by atoms with Crippen LogP contribution >= 0.6 is 23.2 Å². The van der Waals surface area contributed by atoms with E-state index in [-0.39, 0.29) is 11.8 Å². The summed E-state index contributed by atoms with van der Waals surface area (Å²) in [5.74, 6) is -0.0712. The Balaban J connectivity index is 2.07. The van der Waals surface area contributed by atoms with E-state index in [4.69, 9.17) is 23.2 Å². The monoisotopic (exact) mass is 449 g/mol. The van der Waals surface area contributed by atoms with Gasteiger partial charge in [0.05, 0.1) is 16.3 Å². The molecule has 158 valence electrons. The fourth-order valence-electron chi connectivity index (χ4n) is 3.40. The zero-order valence-corrected chi connectivity index (χ0v) is 19.0. The molecule has 2 rings (SSSR count). The van der Waals surface area contributed by atoms with E-state index in [1.54, 1.807) is 12.1 Å². The maximum Gasteiger partial charge on any atom is 0.226 e. The van der Waals surface area contributed by atoms with Crippen molar-refractivity contribution in [2.24, 2.45) is 5.92 Å². The first-order valence-electron chi connectivity index (χ1n) is 9.40. The predicted octanol–water partition coefficient (Wildman–Crippen LogP) is 2.95. The van der Waals surface area contributed by atoms with Crippen molar-refractivity contribution in [3.63, 3.8) is 0 Å². The van der Waals surface area contributed by atoms with Gasteiger partial charge in [-0.1, -0.05) is 29.3 Å². The van der Waals surface area contributed by atoms with Crippen LogP contribution in [0.1, 0.15) is 24.8 Å². The summed E-state index contributed by atoms with van der Waals surface area (Å²) in [7, 11) is 0.811. The van der Waals surface area contributed by atoms with Gasteiger partial charge in [0, 0.05) is 32.1 Å². The molecule has 0 saturated carbocycles. The highest BCUT2D eigenvalue weighted by Crippen LogP contribution is 2.25. The summed E-state index contributed by atoms with van der Waals surface area (Å²) in [6.45, 7) is 2.79. The summed E-state index contributed by atoms with van der Waals surface area (Å²) in [5.41, 5.74) is 0.932. The van der Waals surface area contributed by atoms with Gasteiger partial charge in [-0.15, -0.1) is 0 Å². The lowest BCUT2D eigenvalue weighted by molar-refractivity contribution is -0.137. The van der Waals surface area contributed by atoms with Gasteiger partial charge in [-0.25, -0.2) is 12.7 Å². The van der Waals surface area contributed by atoms with Gasteiger partial charge in [0.25, 0.3) is 0 Å². The molecule has 28 heavy (non-hydrogen) atoms. The second-order valence-corrected chi connectivity index (χ2v) is 10.4. The van der Waals surface area contributed by atoms with E-state index < -0.39 is 10.0 Å². The van der Waals surface area contributed by atoms with Crippen LogP contribution in [0, 0.1) is 5.92 Å².